The molecule has 25 heavy (non-hydrogen) atoms. The van der Waals surface area contributed by atoms with Crippen LogP contribution in [0.4, 0.5) is 35.1 Å². The van der Waals surface area contributed by atoms with Crippen molar-refractivity contribution >= 4 is 0 Å². The van der Waals surface area contributed by atoms with Crippen molar-refractivity contribution in [2.45, 2.75) is 52.1 Å². The normalized spacial score (nSPS) is 14.9. The molecule has 0 rings (SSSR count). The Hall–Kier alpha value is -0.720. The van der Waals surface area contributed by atoms with E-state index in [0.29, 0.717) is 0 Å². The first-order chi connectivity index (χ1) is 11.2. The van der Waals surface area contributed by atoms with Crippen molar-refractivity contribution in [3.63, 3.8) is 0 Å². The fraction of sp³-hybridized carbons (Fsp3) is 1.00. The van der Waals surface area contributed by atoms with Gasteiger partial charge >= 0.3 is 29.8 Å². The van der Waals surface area contributed by atoms with Crippen LogP contribution in [-0.4, -0.2) is 50.9 Å². The molecule has 0 bridgehead atoms. The van der Waals surface area contributed by atoms with Gasteiger partial charge in [-0.05, 0) is 27.7 Å². The van der Waals surface area contributed by atoms with Gasteiger partial charge in [-0.25, -0.2) is 0 Å². The predicted molar refractivity (Wildman–Crippen MR) is 68.7 cm³/mol. The molecular formula is C13H20F8O4. The number of alkyl halides is 8. The van der Waals surface area contributed by atoms with Crippen molar-refractivity contribution in [3.05, 3.63) is 0 Å². The Kier molecular flexibility index (Phi) is 8.08. The third kappa shape index (κ3) is 4.01. The molecule has 4 nitrogen and oxygen atoms in total. The van der Waals surface area contributed by atoms with Gasteiger partial charge in [0.15, 0.2) is 0 Å². The molecule has 0 amide bonds. The molecule has 0 heterocycles. The third-order valence-electron chi connectivity index (χ3n) is 3.05. The Bertz CT molecular complexity index is 339. The maximum Gasteiger partial charge on any atom is 0.387 e. The van der Waals surface area contributed by atoms with Crippen LogP contribution in [0.3, 0.4) is 0 Å². The minimum atomic E-state index is -5.93. The molecule has 0 spiro atoms. The first kappa shape index (κ1) is 24.3. The molecule has 0 aliphatic carbocycles. The van der Waals surface area contributed by atoms with Crippen LogP contribution in [0.2, 0.25) is 0 Å². The lowest BCUT2D eigenvalue weighted by Crippen LogP contribution is -2.74. The van der Waals surface area contributed by atoms with Gasteiger partial charge in [-0.15, -0.1) is 0 Å². The standard InChI is InChI=1S/C13H20F8O4/c1-5-22-10(14,15)9(11(16,17)23-6-2,12(18,19)24-7-3)13(20,21)25-8-4/h5-8H2,1-4H3. The summed E-state index contributed by atoms with van der Waals surface area (Å²) in [5.74, 6) is 0. The molecule has 0 aromatic rings. The number of hydrogen-bond donors (Lipinski definition) is 0. The van der Waals surface area contributed by atoms with Gasteiger partial charge < -0.3 is 18.9 Å². The molecule has 0 aliphatic rings. The first-order valence-corrected chi connectivity index (χ1v) is 7.31. The van der Waals surface area contributed by atoms with Crippen LogP contribution < -0.4 is 0 Å². The summed E-state index contributed by atoms with van der Waals surface area (Å²) >= 11 is 0. The summed E-state index contributed by atoms with van der Waals surface area (Å²) in [7, 11) is 0. The fourth-order valence-electron chi connectivity index (χ4n) is 2.17. The lowest BCUT2D eigenvalue weighted by atomic mass is 9.81. The smallest absolute Gasteiger partial charge is 0.320 e. The molecule has 0 saturated carbocycles. The van der Waals surface area contributed by atoms with Gasteiger partial charge in [0.05, 0.1) is 26.4 Å². The summed E-state index contributed by atoms with van der Waals surface area (Å²) in [5.41, 5.74) is -5.93. The quantitative estimate of drug-likeness (QED) is 0.459. The van der Waals surface area contributed by atoms with Crippen molar-refractivity contribution < 1.29 is 54.1 Å². The molecule has 0 radical (unpaired) electrons. The van der Waals surface area contributed by atoms with E-state index >= 15 is 0 Å². The zero-order valence-corrected chi connectivity index (χ0v) is 14.0. The van der Waals surface area contributed by atoms with Gasteiger partial charge in [0.25, 0.3) is 0 Å². The van der Waals surface area contributed by atoms with E-state index < -0.39 is 56.3 Å². The molecule has 152 valence electrons. The fourth-order valence-corrected chi connectivity index (χ4v) is 2.17. The Morgan fingerprint density at radius 3 is 0.720 bits per heavy atom. The van der Waals surface area contributed by atoms with Crippen LogP contribution in [-0.2, 0) is 18.9 Å². The van der Waals surface area contributed by atoms with Crippen LogP contribution in [0.5, 0.6) is 0 Å². The van der Waals surface area contributed by atoms with Crippen LogP contribution in [0.1, 0.15) is 27.7 Å². The average Bonchev–Trinajstić information content (AvgIpc) is 2.36. The van der Waals surface area contributed by atoms with Crippen molar-refractivity contribution in [2.24, 2.45) is 5.41 Å². The van der Waals surface area contributed by atoms with Crippen molar-refractivity contribution in [2.75, 3.05) is 26.4 Å². The second-order valence-corrected chi connectivity index (χ2v) is 4.55. The second-order valence-electron chi connectivity index (χ2n) is 4.55. The maximum absolute atomic E-state index is 14.3. The van der Waals surface area contributed by atoms with Gasteiger partial charge in [-0.2, -0.15) is 35.1 Å². The molecule has 0 aromatic heterocycles. The minimum Gasteiger partial charge on any atom is -0.320 e. The lowest BCUT2D eigenvalue weighted by Gasteiger charge is -2.48. The molecule has 0 fully saturated rings. The van der Waals surface area contributed by atoms with E-state index in [2.05, 4.69) is 18.9 Å². The monoisotopic (exact) mass is 392 g/mol. The lowest BCUT2D eigenvalue weighted by molar-refractivity contribution is -0.559. The van der Waals surface area contributed by atoms with E-state index in [1.54, 1.807) is 0 Å². The van der Waals surface area contributed by atoms with Gasteiger partial charge in [0, 0.05) is 0 Å². The zero-order valence-electron chi connectivity index (χ0n) is 14.0. The molecule has 12 heteroatoms. The zero-order chi connectivity index (χ0) is 20.2. The molecular weight excluding hydrogens is 372 g/mol. The number of rotatable bonds is 12. The highest BCUT2D eigenvalue weighted by Crippen LogP contribution is 2.66. The minimum absolute atomic E-state index is 0.815. The molecule has 0 unspecified atom stereocenters. The van der Waals surface area contributed by atoms with Crippen molar-refractivity contribution in [1.29, 1.82) is 0 Å². The highest BCUT2D eigenvalue weighted by molar-refractivity contribution is 5.06. The Morgan fingerprint density at radius 1 is 0.440 bits per heavy atom. The van der Waals surface area contributed by atoms with E-state index in [1.807, 2.05) is 0 Å². The van der Waals surface area contributed by atoms with E-state index in [1.165, 1.54) is 0 Å². The van der Waals surface area contributed by atoms with Gasteiger partial charge in [-0.3, -0.25) is 0 Å². The molecule has 0 aliphatic heterocycles. The Morgan fingerprint density at radius 2 is 0.600 bits per heavy atom. The molecule has 0 aromatic carbocycles. The largest absolute Gasteiger partial charge is 0.387 e. The summed E-state index contributed by atoms with van der Waals surface area (Å²) in [6.45, 7) is -1.29. The predicted octanol–water partition coefficient (Wildman–Crippen LogP) is 4.49. The van der Waals surface area contributed by atoms with E-state index in [0.717, 1.165) is 27.7 Å². The summed E-state index contributed by atoms with van der Waals surface area (Å²) in [4.78, 5) is 0. The van der Waals surface area contributed by atoms with Crippen molar-refractivity contribution in [1.82, 2.24) is 0 Å². The van der Waals surface area contributed by atoms with Gasteiger partial charge in [0.2, 0.25) is 0 Å². The van der Waals surface area contributed by atoms with Crippen LogP contribution in [0, 0.1) is 5.41 Å². The summed E-state index contributed by atoms with van der Waals surface area (Å²) in [6, 6.07) is 0. The van der Waals surface area contributed by atoms with Gasteiger partial charge in [-0.1, -0.05) is 0 Å². The van der Waals surface area contributed by atoms with Crippen LogP contribution in [0.15, 0.2) is 0 Å². The highest BCUT2D eigenvalue weighted by atomic mass is 19.3. The highest BCUT2D eigenvalue weighted by Gasteiger charge is 2.93. The van der Waals surface area contributed by atoms with Gasteiger partial charge in [0.1, 0.15) is 0 Å². The second kappa shape index (κ2) is 8.31. The summed E-state index contributed by atoms with van der Waals surface area (Å²) in [5, 5.41) is 0. The SMILES string of the molecule is CCOC(F)(F)C(C(F)(F)OCC)(C(F)(F)OCC)C(F)(F)OCC. The summed E-state index contributed by atoms with van der Waals surface area (Å²) < 4.78 is 129. The number of halogens is 8. The van der Waals surface area contributed by atoms with Crippen LogP contribution in [0.25, 0.3) is 0 Å². The number of ether oxygens (including phenoxy) is 4. The number of hydrogen-bond acceptors (Lipinski definition) is 4. The van der Waals surface area contributed by atoms with E-state index in [4.69, 9.17) is 0 Å². The van der Waals surface area contributed by atoms with E-state index in [-0.39, 0.29) is 0 Å². The maximum atomic E-state index is 14.3. The Labute approximate surface area is 139 Å². The molecule has 0 N–H and O–H groups in total. The average molecular weight is 392 g/mol. The Balaban J connectivity index is 6.97. The summed E-state index contributed by atoms with van der Waals surface area (Å²) in [6.07, 6.45) is -23.2. The van der Waals surface area contributed by atoms with Crippen molar-refractivity contribution in [3.8, 4) is 0 Å². The molecule has 0 atom stereocenters. The third-order valence-corrected chi connectivity index (χ3v) is 3.05. The first-order valence-electron chi connectivity index (χ1n) is 7.31. The van der Waals surface area contributed by atoms with Crippen LogP contribution >= 0.6 is 0 Å². The van der Waals surface area contributed by atoms with E-state index in [9.17, 15) is 35.1 Å². The molecule has 0 saturated heterocycles. The topological polar surface area (TPSA) is 36.9 Å².